The molecule has 0 bridgehead atoms. The number of hydrogen-bond acceptors (Lipinski definition) is 6. The van der Waals surface area contributed by atoms with E-state index in [1.54, 1.807) is 42.1 Å². The van der Waals surface area contributed by atoms with Gasteiger partial charge < -0.3 is 9.30 Å². The molecule has 0 aliphatic carbocycles. The van der Waals surface area contributed by atoms with E-state index in [4.69, 9.17) is 4.74 Å². The molecule has 0 radical (unpaired) electrons. The molecule has 3 rings (SSSR count). The molecular weight excluding hydrogens is 452 g/mol. The van der Waals surface area contributed by atoms with E-state index >= 15 is 0 Å². The number of aromatic nitrogens is 1. The third kappa shape index (κ3) is 6.21. The van der Waals surface area contributed by atoms with E-state index in [1.807, 2.05) is 35.9 Å². The maximum absolute atomic E-state index is 12.5. The van der Waals surface area contributed by atoms with Crippen molar-refractivity contribution >= 4 is 49.1 Å². The molecule has 2 aromatic carbocycles. The van der Waals surface area contributed by atoms with Gasteiger partial charge in [-0.05, 0) is 49.9 Å². The lowest BCUT2D eigenvalue weighted by atomic mass is 10.3. The van der Waals surface area contributed by atoms with Crippen LogP contribution in [-0.2, 0) is 21.2 Å². The number of benzene rings is 2. The van der Waals surface area contributed by atoms with Gasteiger partial charge in [0.1, 0.15) is 5.75 Å². The van der Waals surface area contributed by atoms with Crippen LogP contribution in [0.15, 0.2) is 58.4 Å². The molecule has 0 saturated heterocycles. The molecule has 0 fully saturated rings. The Morgan fingerprint density at radius 3 is 2.68 bits per heavy atom. The molecule has 0 aliphatic rings. The summed E-state index contributed by atoms with van der Waals surface area (Å²) in [6, 6.07) is 14.2. The molecule has 6 nitrogen and oxygen atoms in total. The molecule has 0 aliphatic heterocycles. The fourth-order valence-electron chi connectivity index (χ4n) is 3.12. The minimum atomic E-state index is -3.39. The zero-order valence-corrected chi connectivity index (χ0v) is 20.1. The Bertz CT molecular complexity index is 1200. The molecular formula is C22H26N2O4S3. The Hall–Kier alpha value is -2.10. The highest BCUT2D eigenvalue weighted by molar-refractivity contribution is 7.98. The van der Waals surface area contributed by atoms with Gasteiger partial charge in [0, 0.05) is 18.7 Å². The summed E-state index contributed by atoms with van der Waals surface area (Å²) in [7, 11) is -3.39. The highest BCUT2D eigenvalue weighted by atomic mass is 32.2. The summed E-state index contributed by atoms with van der Waals surface area (Å²) in [6.07, 6.45) is 2.37. The van der Waals surface area contributed by atoms with Crippen LogP contribution in [-0.4, -0.2) is 43.3 Å². The second-order valence-electron chi connectivity index (χ2n) is 6.83. The average Bonchev–Trinajstić information content (AvgIpc) is 3.09. The fourth-order valence-corrected chi connectivity index (χ4v) is 5.91. The zero-order valence-electron chi connectivity index (χ0n) is 17.6. The van der Waals surface area contributed by atoms with E-state index in [0.717, 1.165) is 28.3 Å². The van der Waals surface area contributed by atoms with Crippen molar-refractivity contribution in [1.29, 1.82) is 0 Å². The van der Waals surface area contributed by atoms with Gasteiger partial charge in [0.2, 0.25) is 5.91 Å². The monoisotopic (exact) mass is 478 g/mol. The number of sulfone groups is 1. The number of carbonyl (C=O) groups is 1. The number of rotatable bonds is 10. The van der Waals surface area contributed by atoms with Gasteiger partial charge in [0.15, 0.2) is 14.6 Å². The van der Waals surface area contributed by atoms with E-state index in [9.17, 15) is 13.2 Å². The summed E-state index contributed by atoms with van der Waals surface area (Å²) >= 11 is 3.17. The van der Waals surface area contributed by atoms with Gasteiger partial charge in [0.25, 0.3) is 0 Å². The summed E-state index contributed by atoms with van der Waals surface area (Å²) in [4.78, 5) is 17.7. The van der Waals surface area contributed by atoms with E-state index < -0.39 is 9.84 Å². The van der Waals surface area contributed by atoms with Gasteiger partial charge in [0.05, 0.1) is 27.5 Å². The quantitative estimate of drug-likeness (QED) is 0.438. The Balaban J connectivity index is 1.77. The van der Waals surface area contributed by atoms with Crippen LogP contribution in [0, 0.1) is 0 Å². The minimum absolute atomic E-state index is 0.0745. The number of nitrogens with zero attached hydrogens (tertiary/aromatic N) is 2. The Labute approximate surface area is 190 Å². The number of thiazole rings is 1. The topological polar surface area (TPSA) is 77.7 Å². The molecule has 1 amide bonds. The smallest absolute Gasteiger partial charge is 0.248 e. The van der Waals surface area contributed by atoms with E-state index in [-0.39, 0.29) is 29.4 Å². The van der Waals surface area contributed by atoms with E-state index in [1.165, 1.54) is 11.3 Å². The predicted molar refractivity (Wildman–Crippen MR) is 128 cm³/mol. The Morgan fingerprint density at radius 2 is 1.97 bits per heavy atom. The molecule has 0 saturated carbocycles. The highest BCUT2D eigenvalue weighted by Crippen LogP contribution is 2.24. The number of aryl methyl sites for hydroxylation is 1. The second kappa shape index (κ2) is 11.0. The van der Waals surface area contributed by atoms with Crippen molar-refractivity contribution in [3.8, 4) is 5.75 Å². The highest BCUT2D eigenvalue weighted by Gasteiger charge is 2.15. The van der Waals surface area contributed by atoms with Crippen LogP contribution in [0.5, 0.6) is 5.75 Å². The van der Waals surface area contributed by atoms with Crippen molar-refractivity contribution in [3.63, 3.8) is 0 Å². The van der Waals surface area contributed by atoms with Crippen molar-refractivity contribution in [2.24, 2.45) is 4.99 Å². The summed E-state index contributed by atoms with van der Waals surface area (Å²) in [5, 5.41) is 0. The van der Waals surface area contributed by atoms with Gasteiger partial charge >= 0.3 is 0 Å². The Kier molecular flexibility index (Phi) is 8.34. The number of amides is 1. The minimum Gasteiger partial charge on any atom is -0.494 e. The van der Waals surface area contributed by atoms with Crippen molar-refractivity contribution < 1.29 is 17.9 Å². The molecule has 3 aromatic rings. The van der Waals surface area contributed by atoms with Gasteiger partial charge in [-0.3, -0.25) is 4.79 Å². The molecule has 0 N–H and O–H groups in total. The van der Waals surface area contributed by atoms with Crippen LogP contribution in [0.25, 0.3) is 10.2 Å². The summed E-state index contributed by atoms with van der Waals surface area (Å²) < 4.78 is 33.4. The summed E-state index contributed by atoms with van der Waals surface area (Å²) in [5.74, 6) is 1.31. The second-order valence-corrected chi connectivity index (χ2v) is 10.9. The zero-order chi connectivity index (χ0) is 22.3. The number of ether oxygens (including phenoxy) is 1. The predicted octanol–water partition coefficient (Wildman–Crippen LogP) is 4.15. The first-order valence-corrected chi connectivity index (χ1v) is 13.9. The van der Waals surface area contributed by atoms with Gasteiger partial charge in [-0.1, -0.05) is 29.5 Å². The van der Waals surface area contributed by atoms with Crippen LogP contribution < -0.4 is 9.54 Å². The first-order valence-electron chi connectivity index (χ1n) is 10.0. The molecule has 0 atom stereocenters. The first-order chi connectivity index (χ1) is 14.9. The number of fused-ring (bicyclic) bond motifs is 1. The molecule has 0 unspecified atom stereocenters. The SMILES string of the molecule is CCOc1ccc2c(c1)sc(=NC(=O)CCCS(=O)(=O)c1ccccc1)n2CCSC. The lowest BCUT2D eigenvalue weighted by Crippen LogP contribution is -2.18. The van der Waals surface area contributed by atoms with E-state index in [2.05, 4.69) is 4.99 Å². The van der Waals surface area contributed by atoms with Gasteiger partial charge in [-0.15, -0.1) is 0 Å². The lowest BCUT2D eigenvalue weighted by molar-refractivity contribution is -0.118. The Morgan fingerprint density at radius 1 is 1.19 bits per heavy atom. The standard InChI is InChI=1S/C22H26N2O4S3/c1-3-28-17-11-12-19-20(16-17)30-22(24(19)13-14-29-2)23-21(25)10-7-15-31(26,27)18-8-5-4-6-9-18/h4-6,8-9,11-12,16H,3,7,10,13-15H2,1-2H3. The van der Waals surface area contributed by atoms with Crippen molar-refractivity contribution in [2.45, 2.75) is 31.2 Å². The van der Waals surface area contributed by atoms with Crippen molar-refractivity contribution in [1.82, 2.24) is 4.57 Å². The van der Waals surface area contributed by atoms with Crippen molar-refractivity contribution in [3.05, 3.63) is 53.3 Å². The largest absolute Gasteiger partial charge is 0.494 e. The average molecular weight is 479 g/mol. The maximum atomic E-state index is 12.5. The van der Waals surface area contributed by atoms with Crippen LogP contribution in [0.3, 0.4) is 0 Å². The number of carbonyl (C=O) groups excluding carboxylic acids is 1. The molecule has 1 aromatic heterocycles. The maximum Gasteiger partial charge on any atom is 0.248 e. The molecule has 1 heterocycles. The number of thioether (sulfide) groups is 1. The third-order valence-electron chi connectivity index (χ3n) is 4.61. The normalized spacial score (nSPS) is 12.4. The summed E-state index contributed by atoms with van der Waals surface area (Å²) in [5.41, 5.74) is 1.01. The van der Waals surface area contributed by atoms with Crippen molar-refractivity contribution in [2.75, 3.05) is 24.4 Å². The summed E-state index contributed by atoms with van der Waals surface area (Å²) in [6.45, 7) is 3.27. The molecule has 0 spiro atoms. The van der Waals surface area contributed by atoms with Crippen LogP contribution in [0.4, 0.5) is 0 Å². The van der Waals surface area contributed by atoms with Crippen LogP contribution >= 0.6 is 23.1 Å². The van der Waals surface area contributed by atoms with Gasteiger partial charge in [-0.2, -0.15) is 16.8 Å². The van der Waals surface area contributed by atoms with Crippen LogP contribution in [0.2, 0.25) is 0 Å². The van der Waals surface area contributed by atoms with Gasteiger partial charge in [-0.25, -0.2) is 8.42 Å². The molecule has 31 heavy (non-hydrogen) atoms. The molecule has 9 heteroatoms. The fraction of sp³-hybridized carbons (Fsp3) is 0.364. The number of hydrogen-bond donors (Lipinski definition) is 0. The van der Waals surface area contributed by atoms with E-state index in [0.29, 0.717) is 11.4 Å². The third-order valence-corrected chi connectivity index (χ3v) is 8.06. The lowest BCUT2D eigenvalue weighted by Gasteiger charge is -2.05. The first kappa shape index (κ1) is 23.6. The molecule has 166 valence electrons. The van der Waals surface area contributed by atoms with Crippen LogP contribution in [0.1, 0.15) is 19.8 Å².